The van der Waals surface area contributed by atoms with Crippen molar-refractivity contribution in [1.82, 2.24) is 15.1 Å². The molecule has 1 aliphatic rings. The molecule has 1 amide bonds. The molecule has 1 fully saturated rings. The average molecular weight is 361 g/mol. The van der Waals surface area contributed by atoms with E-state index in [1.54, 1.807) is 17.0 Å². The van der Waals surface area contributed by atoms with Crippen LogP contribution < -0.4 is 4.90 Å². The summed E-state index contributed by atoms with van der Waals surface area (Å²) in [5, 5.41) is 8.53. The molecule has 0 unspecified atom stereocenters. The van der Waals surface area contributed by atoms with Gasteiger partial charge in [0.2, 0.25) is 5.91 Å². The van der Waals surface area contributed by atoms with Crippen LogP contribution in [0, 0.1) is 0 Å². The van der Waals surface area contributed by atoms with Crippen molar-refractivity contribution in [3.05, 3.63) is 52.7 Å². The van der Waals surface area contributed by atoms with Crippen LogP contribution in [0.1, 0.15) is 16.1 Å². The second-order valence-electron chi connectivity index (χ2n) is 5.63. The van der Waals surface area contributed by atoms with Crippen molar-refractivity contribution < 1.29 is 14.3 Å². The molecule has 1 aromatic carbocycles. The number of esters is 1. The first-order chi connectivity index (χ1) is 12.1. The monoisotopic (exact) mass is 360 g/mol. The molecule has 3 rings (SSSR count). The second kappa shape index (κ2) is 7.48. The number of hydrogen-bond donors (Lipinski definition) is 0. The molecule has 1 aliphatic heterocycles. The number of benzene rings is 1. The van der Waals surface area contributed by atoms with Gasteiger partial charge in [-0.3, -0.25) is 4.79 Å². The molecule has 25 heavy (non-hydrogen) atoms. The highest BCUT2D eigenvalue weighted by molar-refractivity contribution is 6.30. The van der Waals surface area contributed by atoms with E-state index in [1.165, 1.54) is 7.11 Å². The Bertz CT molecular complexity index is 764. The van der Waals surface area contributed by atoms with Gasteiger partial charge in [0, 0.05) is 24.7 Å². The normalized spacial score (nSPS) is 14.6. The standard InChI is InChI=1S/C17H17ClN4O3/c1-25-17(24)14-6-7-15(20-19-14)21-8-9-22(16(23)11-21)10-12-2-4-13(18)5-3-12/h2-7H,8-11H2,1H3. The van der Waals surface area contributed by atoms with Crippen LogP contribution in [0.15, 0.2) is 36.4 Å². The van der Waals surface area contributed by atoms with Gasteiger partial charge in [-0.2, -0.15) is 0 Å². The number of anilines is 1. The Kier molecular flexibility index (Phi) is 5.14. The summed E-state index contributed by atoms with van der Waals surface area (Å²) in [6.07, 6.45) is 0. The SMILES string of the molecule is COC(=O)c1ccc(N2CCN(Cc3ccc(Cl)cc3)C(=O)C2)nn1. The minimum absolute atomic E-state index is 0.0139. The van der Waals surface area contributed by atoms with Gasteiger partial charge in [-0.1, -0.05) is 23.7 Å². The van der Waals surface area contributed by atoms with E-state index in [0.29, 0.717) is 30.5 Å². The maximum Gasteiger partial charge on any atom is 0.358 e. The van der Waals surface area contributed by atoms with E-state index in [2.05, 4.69) is 14.9 Å². The van der Waals surface area contributed by atoms with E-state index in [1.807, 2.05) is 29.2 Å². The second-order valence-corrected chi connectivity index (χ2v) is 6.07. The Morgan fingerprint density at radius 3 is 2.52 bits per heavy atom. The maximum absolute atomic E-state index is 12.4. The fourth-order valence-corrected chi connectivity index (χ4v) is 2.71. The lowest BCUT2D eigenvalue weighted by molar-refractivity contribution is -0.131. The average Bonchev–Trinajstić information content (AvgIpc) is 2.64. The summed E-state index contributed by atoms with van der Waals surface area (Å²) < 4.78 is 4.59. The van der Waals surface area contributed by atoms with Gasteiger partial charge in [-0.15, -0.1) is 10.2 Å². The molecule has 0 N–H and O–H groups in total. The number of ether oxygens (including phenoxy) is 1. The predicted octanol–water partition coefficient (Wildman–Crippen LogP) is 1.77. The van der Waals surface area contributed by atoms with Crippen molar-refractivity contribution >= 4 is 29.3 Å². The van der Waals surface area contributed by atoms with E-state index in [9.17, 15) is 9.59 Å². The molecule has 0 saturated carbocycles. The third kappa shape index (κ3) is 4.06. The molecular weight excluding hydrogens is 344 g/mol. The first-order valence-electron chi connectivity index (χ1n) is 7.76. The Morgan fingerprint density at radius 1 is 1.16 bits per heavy atom. The van der Waals surface area contributed by atoms with Gasteiger partial charge in [-0.05, 0) is 29.8 Å². The topological polar surface area (TPSA) is 75.6 Å². The summed E-state index contributed by atoms with van der Waals surface area (Å²) in [6, 6.07) is 10.7. The van der Waals surface area contributed by atoms with Crippen molar-refractivity contribution in [2.75, 3.05) is 31.6 Å². The van der Waals surface area contributed by atoms with Crippen molar-refractivity contribution in [2.45, 2.75) is 6.54 Å². The number of piperazine rings is 1. The van der Waals surface area contributed by atoms with Gasteiger partial charge in [0.15, 0.2) is 11.5 Å². The fourth-order valence-electron chi connectivity index (χ4n) is 2.59. The Balaban J connectivity index is 1.62. The summed E-state index contributed by atoms with van der Waals surface area (Å²) in [7, 11) is 1.29. The molecule has 8 heteroatoms. The Labute approximate surface area is 150 Å². The van der Waals surface area contributed by atoms with Crippen LogP contribution in [0.2, 0.25) is 5.02 Å². The van der Waals surface area contributed by atoms with Crippen molar-refractivity contribution in [3.8, 4) is 0 Å². The number of amides is 1. The smallest absolute Gasteiger partial charge is 0.358 e. The third-order valence-electron chi connectivity index (χ3n) is 3.97. The zero-order chi connectivity index (χ0) is 17.8. The number of hydrogen-bond acceptors (Lipinski definition) is 6. The quantitative estimate of drug-likeness (QED) is 0.773. The molecule has 0 radical (unpaired) electrons. The zero-order valence-electron chi connectivity index (χ0n) is 13.7. The minimum atomic E-state index is -0.539. The van der Waals surface area contributed by atoms with Gasteiger partial charge in [0.1, 0.15) is 0 Å². The summed E-state index contributed by atoms with van der Waals surface area (Å²) in [6.45, 7) is 2.00. The number of carbonyl (C=O) groups is 2. The fraction of sp³-hybridized carbons (Fsp3) is 0.294. The number of carbonyl (C=O) groups excluding carboxylic acids is 2. The molecule has 7 nitrogen and oxygen atoms in total. The highest BCUT2D eigenvalue weighted by atomic mass is 35.5. The lowest BCUT2D eigenvalue weighted by atomic mass is 10.2. The number of methoxy groups -OCH3 is 1. The van der Waals surface area contributed by atoms with Crippen molar-refractivity contribution in [2.24, 2.45) is 0 Å². The molecule has 0 spiro atoms. The van der Waals surface area contributed by atoms with Crippen LogP contribution in [-0.4, -0.2) is 53.7 Å². The maximum atomic E-state index is 12.4. The molecule has 0 aliphatic carbocycles. The Morgan fingerprint density at radius 2 is 1.92 bits per heavy atom. The predicted molar refractivity (Wildman–Crippen MR) is 92.5 cm³/mol. The van der Waals surface area contributed by atoms with Gasteiger partial charge >= 0.3 is 5.97 Å². The Hall–Kier alpha value is -2.67. The summed E-state index contributed by atoms with van der Waals surface area (Å²) in [5.41, 5.74) is 1.17. The molecule has 1 saturated heterocycles. The molecule has 2 aromatic rings. The van der Waals surface area contributed by atoms with Crippen LogP contribution in [0.4, 0.5) is 5.82 Å². The van der Waals surface area contributed by atoms with Gasteiger partial charge in [0.25, 0.3) is 0 Å². The molecule has 2 heterocycles. The summed E-state index contributed by atoms with van der Waals surface area (Å²) >= 11 is 5.88. The molecule has 1 aromatic heterocycles. The van der Waals surface area contributed by atoms with Gasteiger partial charge < -0.3 is 14.5 Å². The van der Waals surface area contributed by atoms with Gasteiger partial charge in [0.05, 0.1) is 13.7 Å². The van der Waals surface area contributed by atoms with Gasteiger partial charge in [-0.25, -0.2) is 4.79 Å². The first-order valence-corrected chi connectivity index (χ1v) is 8.14. The molecule has 0 atom stereocenters. The van der Waals surface area contributed by atoms with Crippen LogP contribution >= 0.6 is 11.6 Å². The van der Waals surface area contributed by atoms with E-state index < -0.39 is 5.97 Å². The summed E-state index contributed by atoms with van der Waals surface area (Å²) in [5.74, 6) is 0.0371. The molecular formula is C17H17ClN4O3. The highest BCUT2D eigenvalue weighted by Gasteiger charge is 2.25. The van der Waals surface area contributed by atoms with E-state index in [4.69, 9.17) is 11.6 Å². The van der Waals surface area contributed by atoms with Crippen LogP contribution in [-0.2, 0) is 16.1 Å². The number of nitrogens with zero attached hydrogens (tertiary/aromatic N) is 4. The van der Waals surface area contributed by atoms with Crippen LogP contribution in [0.25, 0.3) is 0 Å². The largest absolute Gasteiger partial charge is 0.464 e. The summed E-state index contributed by atoms with van der Waals surface area (Å²) in [4.78, 5) is 27.4. The third-order valence-corrected chi connectivity index (χ3v) is 4.23. The number of halogens is 1. The minimum Gasteiger partial charge on any atom is -0.464 e. The van der Waals surface area contributed by atoms with Crippen LogP contribution in [0.5, 0.6) is 0 Å². The number of rotatable bonds is 4. The van der Waals surface area contributed by atoms with Crippen molar-refractivity contribution in [3.63, 3.8) is 0 Å². The van der Waals surface area contributed by atoms with E-state index in [0.717, 1.165) is 5.56 Å². The van der Waals surface area contributed by atoms with Crippen molar-refractivity contribution in [1.29, 1.82) is 0 Å². The molecule has 0 bridgehead atoms. The lowest BCUT2D eigenvalue weighted by Crippen LogP contribution is -2.50. The zero-order valence-corrected chi connectivity index (χ0v) is 14.4. The first kappa shape index (κ1) is 17.2. The molecule has 130 valence electrons. The highest BCUT2D eigenvalue weighted by Crippen LogP contribution is 2.17. The van der Waals surface area contributed by atoms with E-state index >= 15 is 0 Å². The lowest BCUT2D eigenvalue weighted by Gasteiger charge is -2.34. The van der Waals surface area contributed by atoms with E-state index in [-0.39, 0.29) is 18.1 Å². The van der Waals surface area contributed by atoms with Crippen LogP contribution in [0.3, 0.4) is 0 Å². The number of aromatic nitrogens is 2.